The largest absolute Gasteiger partial charge is 0.0839 e. The Balaban J connectivity index is 2.25. The molecule has 2 aromatic rings. The van der Waals surface area contributed by atoms with E-state index in [1.165, 1.54) is 28.7 Å². The molecule has 0 N–H and O–H groups in total. The van der Waals surface area contributed by atoms with Gasteiger partial charge in [-0.1, -0.05) is 74.0 Å². The van der Waals surface area contributed by atoms with Crippen LogP contribution >= 0.6 is 0 Å². The number of aryl methyl sites for hydroxylation is 1. The molecule has 0 spiro atoms. The molecule has 0 aromatic heterocycles. The molecular weight excluding hydrogens is 216 g/mol. The molecule has 0 saturated heterocycles. The van der Waals surface area contributed by atoms with E-state index >= 15 is 0 Å². The Hall–Kier alpha value is -1.82. The van der Waals surface area contributed by atoms with E-state index in [2.05, 4.69) is 74.5 Å². The van der Waals surface area contributed by atoms with Crippen molar-refractivity contribution < 1.29 is 0 Å². The molecule has 0 fully saturated rings. The molecule has 18 heavy (non-hydrogen) atoms. The quantitative estimate of drug-likeness (QED) is 0.659. The molecule has 0 radical (unpaired) electrons. The molecule has 0 amide bonds. The van der Waals surface area contributed by atoms with E-state index in [0.29, 0.717) is 0 Å². The summed E-state index contributed by atoms with van der Waals surface area (Å²) in [5.41, 5.74) is 5.23. The Kier molecular flexibility index (Phi) is 4.35. The second-order valence-electron chi connectivity index (χ2n) is 4.63. The summed E-state index contributed by atoms with van der Waals surface area (Å²) in [6, 6.07) is 17.2. The summed E-state index contributed by atoms with van der Waals surface area (Å²) in [4.78, 5) is 0. The van der Waals surface area contributed by atoms with E-state index in [1.807, 2.05) is 0 Å². The van der Waals surface area contributed by atoms with Gasteiger partial charge in [0, 0.05) is 0 Å². The van der Waals surface area contributed by atoms with Crippen molar-refractivity contribution in [2.75, 3.05) is 0 Å². The van der Waals surface area contributed by atoms with E-state index in [-0.39, 0.29) is 0 Å². The summed E-state index contributed by atoms with van der Waals surface area (Å²) in [6.45, 7) is 4.38. The van der Waals surface area contributed by atoms with Crippen molar-refractivity contribution >= 4 is 6.08 Å². The molecule has 0 heterocycles. The second-order valence-corrected chi connectivity index (χ2v) is 4.63. The average Bonchev–Trinajstić information content (AvgIpc) is 2.42. The van der Waals surface area contributed by atoms with Gasteiger partial charge in [0.2, 0.25) is 0 Å². The third-order valence-electron chi connectivity index (χ3n) is 3.13. The first-order chi connectivity index (χ1) is 8.81. The van der Waals surface area contributed by atoms with Crippen LogP contribution in [0.2, 0.25) is 0 Å². The third kappa shape index (κ3) is 3.10. The van der Waals surface area contributed by atoms with Crippen molar-refractivity contribution in [3.05, 3.63) is 65.7 Å². The van der Waals surface area contributed by atoms with Gasteiger partial charge in [0.1, 0.15) is 0 Å². The van der Waals surface area contributed by atoms with Gasteiger partial charge in [-0.2, -0.15) is 0 Å². The highest BCUT2D eigenvalue weighted by atomic mass is 14.0. The lowest BCUT2D eigenvalue weighted by Crippen LogP contribution is -1.83. The van der Waals surface area contributed by atoms with Gasteiger partial charge in [0.15, 0.2) is 0 Å². The zero-order valence-electron chi connectivity index (χ0n) is 11.2. The fourth-order valence-electron chi connectivity index (χ4n) is 2.05. The highest BCUT2D eigenvalue weighted by molar-refractivity contribution is 5.67. The van der Waals surface area contributed by atoms with Gasteiger partial charge in [0.05, 0.1) is 0 Å². The lowest BCUT2D eigenvalue weighted by atomic mass is 9.99. The van der Waals surface area contributed by atoms with Gasteiger partial charge in [-0.05, 0) is 35.6 Å². The predicted molar refractivity (Wildman–Crippen MR) is 80.6 cm³/mol. The fraction of sp³-hybridized carbons (Fsp3) is 0.222. The van der Waals surface area contributed by atoms with Crippen molar-refractivity contribution in [3.63, 3.8) is 0 Å². The van der Waals surface area contributed by atoms with Crippen LogP contribution in [-0.4, -0.2) is 0 Å². The van der Waals surface area contributed by atoms with Crippen LogP contribution < -0.4 is 0 Å². The lowest BCUT2D eigenvalue weighted by Gasteiger charge is -2.06. The molecule has 92 valence electrons. The first-order valence-corrected chi connectivity index (χ1v) is 6.64. The van der Waals surface area contributed by atoms with Crippen LogP contribution in [0.15, 0.2) is 54.6 Å². The standard InChI is InChI=1S/C18H20/c1-3-4-6-9-16-12-13-18(14-15(16)2)17-10-7-5-8-11-17/h5-14H,3-4H2,1-2H3/b9-6+. The second kappa shape index (κ2) is 6.20. The normalized spacial score (nSPS) is 11.0. The average molecular weight is 236 g/mol. The highest BCUT2D eigenvalue weighted by Gasteiger charge is 1.99. The van der Waals surface area contributed by atoms with Gasteiger partial charge in [0.25, 0.3) is 0 Å². The molecular formula is C18H20. The smallest absolute Gasteiger partial charge is 0.0181 e. The number of benzene rings is 2. The summed E-state index contributed by atoms with van der Waals surface area (Å²) in [5.74, 6) is 0. The first kappa shape index (κ1) is 12.6. The molecule has 0 nitrogen and oxygen atoms in total. The van der Waals surface area contributed by atoms with Crippen LogP contribution in [0.1, 0.15) is 30.9 Å². The molecule has 0 saturated carbocycles. The number of rotatable bonds is 4. The number of hydrogen-bond acceptors (Lipinski definition) is 0. The Bertz CT molecular complexity index is 521. The molecule has 0 aliphatic rings. The third-order valence-corrected chi connectivity index (χ3v) is 3.13. The summed E-state index contributed by atoms with van der Waals surface area (Å²) >= 11 is 0. The van der Waals surface area contributed by atoms with Crippen LogP contribution in [0.5, 0.6) is 0 Å². The van der Waals surface area contributed by atoms with Gasteiger partial charge < -0.3 is 0 Å². The minimum absolute atomic E-state index is 1.15. The molecule has 0 unspecified atom stereocenters. The van der Waals surface area contributed by atoms with E-state index < -0.39 is 0 Å². The van der Waals surface area contributed by atoms with Crippen LogP contribution in [0.4, 0.5) is 0 Å². The monoisotopic (exact) mass is 236 g/mol. The first-order valence-electron chi connectivity index (χ1n) is 6.64. The summed E-state index contributed by atoms with van der Waals surface area (Å²) in [7, 11) is 0. The molecule has 0 heteroatoms. The Morgan fingerprint density at radius 3 is 2.39 bits per heavy atom. The molecule has 0 bridgehead atoms. The maximum atomic E-state index is 2.26. The Morgan fingerprint density at radius 2 is 1.72 bits per heavy atom. The summed E-state index contributed by atoms with van der Waals surface area (Å²) in [6.07, 6.45) is 6.84. The zero-order chi connectivity index (χ0) is 12.8. The fourth-order valence-corrected chi connectivity index (χ4v) is 2.05. The van der Waals surface area contributed by atoms with Crippen LogP contribution in [-0.2, 0) is 0 Å². The molecule has 2 aromatic carbocycles. The molecule has 0 atom stereocenters. The van der Waals surface area contributed by atoms with E-state index in [4.69, 9.17) is 0 Å². The number of unbranched alkanes of at least 4 members (excludes halogenated alkanes) is 1. The van der Waals surface area contributed by atoms with Gasteiger partial charge in [-0.25, -0.2) is 0 Å². The molecule has 0 aliphatic heterocycles. The van der Waals surface area contributed by atoms with Crippen LogP contribution in [0.25, 0.3) is 17.2 Å². The van der Waals surface area contributed by atoms with Crippen molar-refractivity contribution in [1.29, 1.82) is 0 Å². The Labute approximate surface area is 110 Å². The van der Waals surface area contributed by atoms with Crippen molar-refractivity contribution in [3.8, 4) is 11.1 Å². The minimum Gasteiger partial charge on any atom is -0.0839 e. The van der Waals surface area contributed by atoms with Gasteiger partial charge in [-0.3, -0.25) is 0 Å². The number of allylic oxidation sites excluding steroid dienone is 1. The van der Waals surface area contributed by atoms with Crippen LogP contribution in [0, 0.1) is 6.92 Å². The predicted octanol–water partition coefficient (Wildman–Crippen LogP) is 5.48. The molecule has 0 aliphatic carbocycles. The van der Waals surface area contributed by atoms with Crippen molar-refractivity contribution in [2.45, 2.75) is 26.7 Å². The van der Waals surface area contributed by atoms with Crippen molar-refractivity contribution in [1.82, 2.24) is 0 Å². The maximum absolute atomic E-state index is 2.26. The summed E-state index contributed by atoms with van der Waals surface area (Å²) < 4.78 is 0. The molecule has 2 rings (SSSR count). The van der Waals surface area contributed by atoms with Gasteiger partial charge >= 0.3 is 0 Å². The van der Waals surface area contributed by atoms with E-state index in [9.17, 15) is 0 Å². The van der Waals surface area contributed by atoms with Crippen molar-refractivity contribution in [2.24, 2.45) is 0 Å². The SMILES string of the molecule is CCC/C=C/c1ccc(-c2ccccc2)cc1C. The lowest BCUT2D eigenvalue weighted by molar-refractivity contribution is 0.962. The summed E-state index contributed by atoms with van der Waals surface area (Å²) in [5, 5.41) is 0. The highest BCUT2D eigenvalue weighted by Crippen LogP contribution is 2.22. The maximum Gasteiger partial charge on any atom is -0.0181 e. The van der Waals surface area contributed by atoms with Crippen LogP contribution in [0.3, 0.4) is 0 Å². The minimum atomic E-state index is 1.15. The van der Waals surface area contributed by atoms with E-state index in [0.717, 1.165) is 6.42 Å². The van der Waals surface area contributed by atoms with Gasteiger partial charge in [-0.15, -0.1) is 0 Å². The topological polar surface area (TPSA) is 0 Å². The van der Waals surface area contributed by atoms with E-state index in [1.54, 1.807) is 0 Å². The zero-order valence-corrected chi connectivity index (χ0v) is 11.2. The number of hydrogen-bond donors (Lipinski definition) is 0. The Morgan fingerprint density at radius 1 is 0.944 bits per heavy atom.